The van der Waals surface area contributed by atoms with Gasteiger partial charge in [0.05, 0.1) is 0 Å². The number of hydrogen-bond donors (Lipinski definition) is 0. The van der Waals surface area contributed by atoms with E-state index >= 15 is 0 Å². The maximum Gasteiger partial charge on any atom is 0.151 e. The van der Waals surface area contributed by atoms with Crippen LogP contribution in [0, 0.1) is 0 Å². The van der Waals surface area contributed by atoms with Crippen molar-refractivity contribution in [3.63, 3.8) is 0 Å². The normalized spacial score (nSPS) is 18.6. The van der Waals surface area contributed by atoms with Crippen LogP contribution in [0.4, 0.5) is 5.82 Å². The first-order chi connectivity index (χ1) is 12.7. The second-order valence-corrected chi connectivity index (χ2v) is 7.29. The van der Waals surface area contributed by atoms with E-state index in [1.54, 1.807) is 6.20 Å². The van der Waals surface area contributed by atoms with Gasteiger partial charge < -0.3 is 4.90 Å². The third kappa shape index (κ3) is 3.42. The summed E-state index contributed by atoms with van der Waals surface area (Å²) in [5.74, 6) is 1.00. The van der Waals surface area contributed by atoms with E-state index in [0.29, 0.717) is 12.1 Å². The van der Waals surface area contributed by atoms with Gasteiger partial charge in [-0.05, 0) is 61.3 Å². The highest BCUT2D eigenvalue weighted by molar-refractivity contribution is 5.83. The quantitative estimate of drug-likeness (QED) is 0.690. The number of rotatable bonds is 5. The van der Waals surface area contributed by atoms with E-state index in [2.05, 4.69) is 82.5 Å². The minimum Gasteiger partial charge on any atom is -0.351 e. The number of benzene rings is 2. The number of nitrogens with zero attached hydrogens (tertiary/aromatic N) is 4. The van der Waals surface area contributed by atoms with Crippen LogP contribution >= 0.6 is 0 Å². The summed E-state index contributed by atoms with van der Waals surface area (Å²) >= 11 is 0. The maximum atomic E-state index is 4.31. The Balaban J connectivity index is 1.48. The molecule has 2 heterocycles. The van der Waals surface area contributed by atoms with Gasteiger partial charge in [-0.2, -0.15) is 5.10 Å². The molecule has 2 aromatic carbocycles. The Morgan fingerprint density at radius 2 is 1.96 bits per heavy atom. The average molecular weight is 346 g/mol. The van der Waals surface area contributed by atoms with E-state index in [0.717, 1.165) is 18.9 Å². The van der Waals surface area contributed by atoms with Crippen molar-refractivity contribution < 1.29 is 0 Å². The minimum absolute atomic E-state index is 0.379. The van der Waals surface area contributed by atoms with Gasteiger partial charge >= 0.3 is 0 Å². The molecular formula is C22H26N4. The van der Waals surface area contributed by atoms with Crippen LogP contribution in [0.25, 0.3) is 10.8 Å². The molecule has 3 aromatic rings. The molecule has 0 amide bonds. The van der Waals surface area contributed by atoms with Gasteiger partial charge in [0.25, 0.3) is 0 Å². The van der Waals surface area contributed by atoms with Crippen molar-refractivity contribution in [3.8, 4) is 0 Å². The standard InChI is InChI=1S/C22H26N4/c1-17(19-12-11-18-7-3-4-8-20(18)15-19)25(2)16-21-9-6-14-26(21)22-10-5-13-23-24-22/h3-5,7-8,10-13,15,17,21H,6,9,14,16H2,1-2H3. The lowest BCUT2D eigenvalue weighted by Gasteiger charge is -2.32. The fraction of sp³-hybridized carbons (Fsp3) is 0.364. The SMILES string of the molecule is CC(c1ccc2ccccc2c1)N(C)CC1CCCN1c1cccnn1. The molecule has 1 aliphatic heterocycles. The van der Waals surface area contributed by atoms with Crippen LogP contribution in [0.15, 0.2) is 60.8 Å². The Morgan fingerprint density at radius 3 is 2.77 bits per heavy atom. The Hall–Kier alpha value is -2.46. The molecule has 0 N–H and O–H groups in total. The average Bonchev–Trinajstić information content (AvgIpc) is 3.15. The van der Waals surface area contributed by atoms with Gasteiger partial charge in [-0.3, -0.25) is 4.90 Å². The van der Waals surface area contributed by atoms with Crippen molar-refractivity contribution in [3.05, 3.63) is 66.4 Å². The Morgan fingerprint density at radius 1 is 1.12 bits per heavy atom. The van der Waals surface area contributed by atoms with Crippen LogP contribution in [-0.4, -0.2) is 41.3 Å². The van der Waals surface area contributed by atoms with Gasteiger partial charge in [-0.1, -0.05) is 36.4 Å². The molecule has 134 valence electrons. The van der Waals surface area contributed by atoms with E-state index in [1.807, 2.05) is 6.07 Å². The first-order valence-electron chi connectivity index (χ1n) is 9.45. The van der Waals surface area contributed by atoms with Crippen molar-refractivity contribution in [1.82, 2.24) is 15.1 Å². The fourth-order valence-electron chi connectivity index (χ4n) is 3.99. The monoisotopic (exact) mass is 346 g/mol. The largest absolute Gasteiger partial charge is 0.351 e. The third-order valence-electron chi connectivity index (χ3n) is 5.65. The van der Waals surface area contributed by atoms with Crippen LogP contribution in [0.1, 0.15) is 31.4 Å². The zero-order valence-corrected chi connectivity index (χ0v) is 15.5. The Labute approximate surface area is 155 Å². The van der Waals surface area contributed by atoms with Gasteiger partial charge in [0.15, 0.2) is 5.82 Å². The summed E-state index contributed by atoms with van der Waals surface area (Å²) in [7, 11) is 2.23. The molecule has 2 unspecified atom stereocenters. The number of likely N-dealkylation sites (N-methyl/N-ethyl adjacent to an activating group) is 1. The van der Waals surface area contributed by atoms with E-state index in [1.165, 1.54) is 29.2 Å². The molecule has 1 aliphatic rings. The molecule has 26 heavy (non-hydrogen) atoms. The predicted octanol–water partition coefficient (Wildman–Crippen LogP) is 4.29. The summed E-state index contributed by atoms with van der Waals surface area (Å²) in [6.07, 6.45) is 4.17. The van der Waals surface area contributed by atoms with Gasteiger partial charge in [0.2, 0.25) is 0 Å². The summed E-state index contributed by atoms with van der Waals surface area (Å²) in [4.78, 5) is 4.88. The van der Waals surface area contributed by atoms with Gasteiger partial charge in [0.1, 0.15) is 0 Å². The van der Waals surface area contributed by atoms with Crippen molar-refractivity contribution in [2.45, 2.75) is 31.8 Å². The van der Waals surface area contributed by atoms with Crippen molar-refractivity contribution >= 4 is 16.6 Å². The summed E-state index contributed by atoms with van der Waals surface area (Å²) in [6.45, 7) is 4.40. The third-order valence-corrected chi connectivity index (χ3v) is 5.65. The molecule has 1 aromatic heterocycles. The maximum absolute atomic E-state index is 4.31. The lowest BCUT2D eigenvalue weighted by Crippen LogP contribution is -2.40. The van der Waals surface area contributed by atoms with Gasteiger partial charge in [-0.15, -0.1) is 5.10 Å². The molecule has 1 fully saturated rings. The molecule has 0 spiro atoms. The summed E-state index contributed by atoms with van der Waals surface area (Å²) in [5, 5.41) is 11.0. The summed E-state index contributed by atoms with van der Waals surface area (Å²) in [6, 6.07) is 20.3. The predicted molar refractivity (Wildman–Crippen MR) is 107 cm³/mol. The lowest BCUT2D eigenvalue weighted by atomic mass is 10.0. The molecule has 2 atom stereocenters. The van der Waals surface area contributed by atoms with Crippen molar-refractivity contribution in [2.24, 2.45) is 0 Å². The Bertz CT molecular complexity index is 864. The second-order valence-electron chi connectivity index (χ2n) is 7.29. The number of anilines is 1. The van der Waals surface area contributed by atoms with Crippen LogP contribution in [0.3, 0.4) is 0 Å². The molecule has 1 saturated heterocycles. The second kappa shape index (κ2) is 7.42. The van der Waals surface area contributed by atoms with Crippen LogP contribution in [-0.2, 0) is 0 Å². The molecule has 0 radical (unpaired) electrons. The minimum atomic E-state index is 0.379. The molecule has 0 aliphatic carbocycles. The zero-order valence-electron chi connectivity index (χ0n) is 15.5. The Kier molecular flexibility index (Phi) is 4.85. The molecule has 0 saturated carbocycles. The lowest BCUT2D eigenvalue weighted by molar-refractivity contribution is 0.245. The highest BCUT2D eigenvalue weighted by Crippen LogP contribution is 2.27. The number of aromatic nitrogens is 2. The van der Waals surface area contributed by atoms with E-state index in [-0.39, 0.29) is 0 Å². The molecule has 4 heteroatoms. The molecule has 4 rings (SSSR count). The first-order valence-corrected chi connectivity index (χ1v) is 9.45. The first kappa shape index (κ1) is 17.0. The number of fused-ring (bicyclic) bond motifs is 1. The topological polar surface area (TPSA) is 32.3 Å². The van der Waals surface area contributed by atoms with Crippen LogP contribution in [0.2, 0.25) is 0 Å². The highest BCUT2D eigenvalue weighted by atomic mass is 15.3. The van der Waals surface area contributed by atoms with E-state index in [9.17, 15) is 0 Å². The van der Waals surface area contributed by atoms with Crippen LogP contribution in [0.5, 0.6) is 0 Å². The molecule has 4 nitrogen and oxygen atoms in total. The highest BCUT2D eigenvalue weighted by Gasteiger charge is 2.28. The number of hydrogen-bond acceptors (Lipinski definition) is 4. The zero-order chi connectivity index (χ0) is 17.9. The van der Waals surface area contributed by atoms with Gasteiger partial charge in [0, 0.05) is 31.4 Å². The van der Waals surface area contributed by atoms with Crippen molar-refractivity contribution in [1.29, 1.82) is 0 Å². The molecule has 0 bridgehead atoms. The smallest absolute Gasteiger partial charge is 0.151 e. The van der Waals surface area contributed by atoms with Gasteiger partial charge in [-0.25, -0.2) is 0 Å². The van der Waals surface area contributed by atoms with E-state index in [4.69, 9.17) is 0 Å². The fourth-order valence-corrected chi connectivity index (χ4v) is 3.99. The summed E-state index contributed by atoms with van der Waals surface area (Å²) < 4.78 is 0. The van der Waals surface area contributed by atoms with Crippen molar-refractivity contribution in [2.75, 3.05) is 25.0 Å². The molecular weight excluding hydrogens is 320 g/mol. The van der Waals surface area contributed by atoms with E-state index < -0.39 is 0 Å². The summed E-state index contributed by atoms with van der Waals surface area (Å²) in [5.41, 5.74) is 1.37. The van der Waals surface area contributed by atoms with Crippen LogP contribution < -0.4 is 4.90 Å².